The van der Waals surface area contributed by atoms with Gasteiger partial charge in [0.05, 0.1) is 11.2 Å². The van der Waals surface area contributed by atoms with E-state index >= 15 is 0 Å². The van der Waals surface area contributed by atoms with Gasteiger partial charge in [-0.3, -0.25) is 9.59 Å². The molecule has 3 atom stereocenters. The lowest BCUT2D eigenvalue weighted by Gasteiger charge is -2.37. The van der Waals surface area contributed by atoms with Crippen LogP contribution >= 0.6 is 0 Å². The van der Waals surface area contributed by atoms with E-state index in [9.17, 15) is 27.9 Å². The van der Waals surface area contributed by atoms with Gasteiger partial charge in [-0.05, 0) is 26.2 Å². The molecule has 0 saturated carbocycles. The third kappa shape index (κ3) is 2.60. The summed E-state index contributed by atoms with van der Waals surface area (Å²) in [4.78, 5) is 36.7. The number of hydrogen-bond donors (Lipinski definition) is 2. The van der Waals surface area contributed by atoms with E-state index in [0.717, 1.165) is 4.90 Å². The average molecular weight is 346 g/mol. The zero-order chi connectivity index (χ0) is 17.7. The van der Waals surface area contributed by atoms with Crippen molar-refractivity contribution in [2.24, 2.45) is 5.92 Å². The summed E-state index contributed by atoms with van der Waals surface area (Å²) in [5.74, 6) is -2.28. The topological polar surface area (TPSA) is 121 Å². The first-order valence-electron chi connectivity index (χ1n) is 7.49. The number of carbonyl (C=O) groups is 3. The summed E-state index contributed by atoms with van der Waals surface area (Å²) in [6, 6.07) is -2.32. The number of sulfone groups is 1. The summed E-state index contributed by atoms with van der Waals surface area (Å²) in [7, 11) is -3.67. The molecule has 2 saturated heterocycles. The maximum atomic E-state index is 12.5. The van der Waals surface area contributed by atoms with Crippen molar-refractivity contribution in [2.45, 2.75) is 62.7 Å². The third-order valence-corrected chi connectivity index (χ3v) is 7.35. The average Bonchev–Trinajstić information content (AvgIpc) is 2.51. The number of aliphatic carboxylic acids is 1. The minimum absolute atomic E-state index is 0.0371. The van der Waals surface area contributed by atoms with E-state index in [1.165, 1.54) is 13.8 Å². The van der Waals surface area contributed by atoms with Gasteiger partial charge >= 0.3 is 5.97 Å². The van der Waals surface area contributed by atoms with Crippen molar-refractivity contribution >= 4 is 27.6 Å². The molecule has 23 heavy (non-hydrogen) atoms. The van der Waals surface area contributed by atoms with Crippen molar-refractivity contribution in [3.8, 4) is 0 Å². The molecule has 2 fully saturated rings. The number of amides is 2. The molecule has 0 aromatic carbocycles. The molecule has 2 heterocycles. The number of nitrogens with zero attached hydrogens (tertiary/aromatic N) is 1. The Hall–Kier alpha value is -1.64. The number of rotatable bonds is 5. The van der Waals surface area contributed by atoms with Crippen molar-refractivity contribution < 1.29 is 27.9 Å². The highest BCUT2D eigenvalue weighted by molar-refractivity contribution is 7.93. The van der Waals surface area contributed by atoms with Crippen LogP contribution in [0.1, 0.15) is 40.5 Å². The highest BCUT2D eigenvalue weighted by Crippen LogP contribution is 2.45. The fourth-order valence-corrected chi connectivity index (χ4v) is 5.33. The summed E-state index contributed by atoms with van der Waals surface area (Å²) >= 11 is 0. The summed E-state index contributed by atoms with van der Waals surface area (Å²) in [6.45, 7) is 6.44. The van der Waals surface area contributed by atoms with Gasteiger partial charge in [0.2, 0.25) is 11.8 Å². The Kier molecular flexibility index (Phi) is 4.21. The minimum atomic E-state index is -3.67. The molecule has 0 bridgehead atoms. The van der Waals surface area contributed by atoms with E-state index < -0.39 is 49.8 Å². The zero-order valence-corrected chi connectivity index (χ0v) is 14.4. The van der Waals surface area contributed by atoms with Gasteiger partial charge in [0.25, 0.3) is 0 Å². The molecule has 8 nitrogen and oxygen atoms in total. The van der Waals surface area contributed by atoms with Gasteiger partial charge in [0, 0.05) is 0 Å². The molecule has 0 radical (unpaired) electrons. The molecule has 2 amide bonds. The number of carboxylic acid groups (broad SMARTS) is 1. The van der Waals surface area contributed by atoms with Crippen LogP contribution in [0.3, 0.4) is 0 Å². The second-order valence-electron chi connectivity index (χ2n) is 7.04. The summed E-state index contributed by atoms with van der Waals surface area (Å²) in [5.41, 5.74) is 0. The van der Waals surface area contributed by atoms with Gasteiger partial charge in [0.15, 0.2) is 9.84 Å². The van der Waals surface area contributed by atoms with Crippen LogP contribution in [0.5, 0.6) is 0 Å². The number of carbonyl (C=O) groups excluding carboxylic acids is 2. The molecule has 0 aromatic heterocycles. The van der Waals surface area contributed by atoms with Gasteiger partial charge < -0.3 is 15.3 Å². The summed E-state index contributed by atoms with van der Waals surface area (Å²) in [5, 5.41) is 10.6. The van der Waals surface area contributed by atoms with Crippen LogP contribution in [0.15, 0.2) is 0 Å². The smallest absolute Gasteiger partial charge is 0.326 e. The Balaban J connectivity index is 2.27. The van der Waals surface area contributed by atoms with Crippen LogP contribution < -0.4 is 5.32 Å². The third-order valence-electron chi connectivity index (χ3n) is 4.55. The lowest BCUT2D eigenvalue weighted by Crippen LogP contribution is -2.61. The van der Waals surface area contributed by atoms with Crippen LogP contribution in [-0.2, 0) is 24.2 Å². The van der Waals surface area contributed by atoms with E-state index in [1.54, 1.807) is 0 Å². The van der Waals surface area contributed by atoms with E-state index in [4.69, 9.17) is 0 Å². The van der Waals surface area contributed by atoms with E-state index in [1.807, 2.05) is 13.8 Å². The Morgan fingerprint density at radius 1 is 1.39 bits per heavy atom. The predicted molar refractivity (Wildman–Crippen MR) is 81.1 cm³/mol. The fraction of sp³-hybridized carbons (Fsp3) is 0.786. The number of carboxylic acids is 1. The first-order valence-corrected chi connectivity index (χ1v) is 9.03. The molecular weight excluding hydrogens is 324 g/mol. The van der Waals surface area contributed by atoms with Crippen LogP contribution in [0, 0.1) is 5.92 Å². The maximum absolute atomic E-state index is 12.5. The van der Waals surface area contributed by atoms with Gasteiger partial charge in [-0.25, -0.2) is 13.2 Å². The molecule has 0 spiro atoms. The molecular formula is C14H22N2O6S. The van der Waals surface area contributed by atoms with Gasteiger partial charge in [-0.2, -0.15) is 0 Å². The number of fused-ring (bicyclic) bond motifs is 1. The summed E-state index contributed by atoms with van der Waals surface area (Å²) < 4.78 is 23.4. The first-order chi connectivity index (χ1) is 10.4. The Bertz CT molecular complexity index is 654. The van der Waals surface area contributed by atoms with E-state index in [0.29, 0.717) is 0 Å². The van der Waals surface area contributed by atoms with Gasteiger partial charge in [0.1, 0.15) is 17.5 Å². The number of β-lactam (4-membered cyclic amide) rings is 1. The molecule has 0 aromatic rings. The molecule has 2 aliphatic rings. The van der Waals surface area contributed by atoms with Crippen molar-refractivity contribution in [2.75, 3.05) is 0 Å². The molecule has 2 N–H and O–H groups in total. The van der Waals surface area contributed by atoms with E-state index in [-0.39, 0.29) is 18.8 Å². The van der Waals surface area contributed by atoms with Crippen LogP contribution in [0.2, 0.25) is 0 Å². The number of hydrogen-bond acceptors (Lipinski definition) is 5. The number of nitrogens with one attached hydrogen (secondary N) is 1. The van der Waals surface area contributed by atoms with Crippen molar-refractivity contribution in [3.05, 3.63) is 0 Å². The van der Waals surface area contributed by atoms with Crippen molar-refractivity contribution in [3.63, 3.8) is 0 Å². The van der Waals surface area contributed by atoms with Crippen LogP contribution in [0.25, 0.3) is 0 Å². The fourth-order valence-electron chi connectivity index (χ4n) is 3.20. The largest absolute Gasteiger partial charge is 0.480 e. The molecule has 0 unspecified atom stereocenters. The second kappa shape index (κ2) is 5.47. The molecule has 2 aliphatic heterocycles. The van der Waals surface area contributed by atoms with Crippen molar-refractivity contribution in [1.82, 2.24) is 10.2 Å². The first kappa shape index (κ1) is 17.7. The van der Waals surface area contributed by atoms with Gasteiger partial charge in [-0.1, -0.05) is 13.8 Å². The predicted octanol–water partition coefficient (Wildman–Crippen LogP) is -0.264. The van der Waals surface area contributed by atoms with E-state index in [2.05, 4.69) is 5.32 Å². The van der Waals surface area contributed by atoms with Crippen molar-refractivity contribution in [1.29, 1.82) is 0 Å². The molecule has 9 heteroatoms. The maximum Gasteiger partial charge on any atom is 0.326 e. The highest BCUT2D eigenvalue weighted by Gasteiger charge is 2.67. The normalized spacial score (nSPS) is 28.9. The minimum Gasteiger partial charge on any atom is -0.480 e. The Morgan fingerprint density at radius 2 is 1.96 bits per heavy atom. The zero-order valence-electron chi connectivity index (χ0n) is 13.6. The standard InChI is InChI=1S/C14H22N2O6S/c1-7(2)5-8(13(19)20)15-12(18)11-14(3,4)23(21,22)10-6-9(17)16(10)11/h7-8,10-11H,5-6H2,1-4H3,(H,15,18)(H,19,20)/t8-,10-,11+/m0/s1. The SMILES string of the molecule is CC(C)C[C@H](NC(=O)[C@H]1N2C(=O)C[C@@H]2S(=O)(=O)C1(C)C)C(=O)O. The molecule has 130 valence electrons. The Morgan fingerprint density at radius 3 is 2.39 bits per heavy atom. The van der Waals surface area contributed by atoms with Gasteiger partial charge in [-0.15, -0.1) is 0 Å². The van der Waals surface area contributed by atoms with Crippen LogP contribution in [0.4, 0.5) is 0 Å². The molecule has 2 rings (SSSR count). The summed E-state index contributed by atoms with van der Waals surface area (Å²) in [6.07, 6.45) is 0.0994. The second-order valence-corrected chi connectivity index (χ2v) is 9.73. The highest BCUT2D eigenvalue weighted by atomic mass is 32.2. The lowest BCUT2D eigenvalue weighted by molar-refractivity contribution is -0.151. The van der Waals surface area contributed by atoms with Crippen LogP contribution in [-0.4, -0.2) is 58.4 Å². The Labute approximate surface area is 135 Å². The molecule has 0 aliphatic carbocycles. The monoisotopic (exact) mass is 346 g/mol. The quantitative estimate of drug-likeness (QED) is 0.661. The lowest BCUT2D eigenvalue weighted by atomic mass is 9.96.